The van der Waals surface area contributed by atoms with Gasteiger partial charge in [-0.1, -0.05) is 61.8 Å². The Morgan fingerprint density at radius 1 is 1.03 bits per heavy atom. The molecular formula is C24H25ClN2O5S. The number of carbonyl (C=O) groups excluding carboxylic acids is 2. The molecule has 3 aromatic carbocycles. The van der Waals surface area contributed by atoms with E-state index in [0.29, 0.717) is 5.69 Å². The number of fused-ring (bicyclic) bond motifs is 1. The third-order valence-electron chi connectivity index (χ3n) is 5.20. The fraction of sp³-hybridized carbons (Fsp3) is 0.250. The van der Waals surface area contributed by atoms with Gasteiger partial charge in [-0.3, -0.25) is 4.79 Å². The van der Waals surface area contributed by atoms with E-state index in [9.17, 15) is 18.0 Å². The van der Waals surface area contributed by atoms with E-state index in [0.717, 1.165) is 10.8 Å². The average molecular weight is 489 g/mol. The van der Waals surface area contributed by atoms with Crippen molar-refractivity contribution in [1.82, 2.24) is 4.31 Å². The highest BCUT2D eigenvalue weighted by Crippen LogP contribution is 2.25. The van der Waals surface area contributed by atoms with Gasteiger partial charge in [-0.25, -0.2) is 13.2 Å². The normalized spacial score (nSPS) is 12.5. The Morgan fingerprint density at radius 3 is 2.39 bits per heavy atom. The van der Waals surface area contributed by atoms with Crippen molar-refractivity contribution >= 4 is 50.0 Å². The topological polar surface area (TPSA) is 92.8 Å². The first-order valence-corrected chi connectivity index (χ1v) is 12.3. The van der Waals surface area contributed by atoms with Crippen molar-refractivity contribution < 1.29 is 22.7 Å². The Balaban J connectivity index is 1.78. The van der Waals surface area contributed by atoms with Crippen molar-refractivity contribution in [2.24, 2.45) is 0 Å². The second kappa shape index (κ2) is 10.3. The minimum atomic E-state index is -3.79. The third-order valence-corrected chi connectivity index (χ3v) is 7.58. The van der Waals surface area contributed by atoms with Gasteiger partial charge < -0.3 is 10.1 Å². The molecule has 0 aliphatic rings. The zero-order chi connectivity index (χ0) is 24.2. The first kappa shape index (κ1) is 24.7. The number of halogens is 1. The van der Waals surface area contributed by atoms with Gasteiger partial charge in [0.2, 0.25) is 10.0 Å². The first-order valence-electron chi connectivity index (χ1n) is 10.5. The van der Waals surface area contributed by atoms with E-state index >= 15 is 0 Å². The summed E-state index contributed by atoms with van der Waals surface area (Å²) in [5.74, 6) is -1.42. The van der Waals surface area contributed by atoms with Crippen LogP contribution in [0.2, 0.25) is 5.02 Å². The molecule has 3 rings (SSSR count). The van der Waals surface area contributed by atoms with Gasteiger partial charge in [0.05, 0.1) is 15.5 Å². The quantitative estimate of drug-likeness (QED) is 0.463. The van der Waals surface area contributed by atoms with Gasteiger partial charge in [0.25, 0.3) is 5.91 Å². The number of anilines is 1. The standard InChI is InChI=1S/C24H25ClN2O5S/c1-4-27(5-2)33(30,31)18-13-14-21(25)20(15-18)24(29)32-16(3)23(28)26-22-12-8-10-17-9-6-7-11-19(17)22/h6-16H,4-5H2,1-3H3,(H,26,28). The van der Waals surface area contributed by atoms with Gasteiger partial charge in [0.1, 0.15) is 0 Å². The van der Waals surface area contributed by atoms with Crippen molar-refractivity contribution in [3.05, 3.63) is 71.2 Å². The van der Waals surface area contributed by atoms with E-state index in [1.54, 1.807) is 19.9 Å². The SMILES string of the molecule is CCN(CC)S(=O)(=O)c1ccc(Cl)c(C(=O)OC(C)C(=O)Nc2cccc3ccccc23)c1. The largest absolute Gasteiger partial charge is 0.449 e. The molecule has 1 unspecified atom stereocenters. The minimum Gasteiger partial charge on any atom is -0.449 e. The Kier molecular flexibility index (Phi) is 7.73. The van der Waals surface area contributed by atoms with Crippen molar-refractivity contribution in [3.8, 4) is 0 Å². The Labute approximate surface area is 198 Å². The number of nitrogens with zero attached hydrogens (tertiary/aromatic N) is 1. The van der Waals surface area contributed by atoms with Crippen LogP contribution in [0.15, 0.2) is 65.6 Å². The summed E-state index contributed by atoms with van der Waals surface area (Å²) in [6, 6.07) is 16.9. The molecule has 3 aromatic rings. The number of rotatable bonds is 8. The van der Waals surface area contributed by atoms with E-state index in [4.69, 9.17) is 16.3 Å². The van der Waals surface area contributed by atoms with Gasteiger partial charge in [0.15, 0.2) is 6.10 Å². The fourth-order valence-electron chi connectivity index (χ4n) is 3.38. The highest BCUT2D eigenvalue weighted by molar-refractivity contribution is 7.89. The number of amides is 1. The van der Waals surface area contributed by atoms with Gasteiger partial charge >= 0.3 is 5.97 Å². The monoisotopic (exact) mass is 488 g/mol. The van der Waals surface area contributed by atoms with Crippen LogP contribution in [0.3, 0.4) is 0 Å². The lowest BCUT2D eigenvalue weighted by Crippen LogP contribution is -2.31. The maximum atomic E-state index is 12.8. The number of ether oxygens (including phenoxy) is 1. The Morgan fingerprint density at radius 2 is 1.70 bits per heavy atom. The molecule has 0 spiro atoms. The lowest BCUT2D eigenvalue weighted by Gasteiger charge is -2.19. The number of carbonyl (C=O) groups is 2. The van der Waals surface area contributed by atoms with Gasteiger partial charge in [-0.15, -0.1) is 0 Å². The molecule has 0 bridgehead atoms. The zero-order valence-corrected chi connectivity index (χ0v) is 20.1. The van der Waals surface area contributed by atoms with Crippen LogP contribution in [0.4, 0.5) is 5.69 Å². The smallest absolute Gasteiger partial charge is 0.340 e. The average Bonchev–Trinajstić information content (AvgIpc) is 2.80. The van der Waals surface area contributed by atoms with Crippen LogP contribution in [0.1, 0.15) is 31.1 Å². The predicted octanol–water partition coefficient (Wildman–Crippen LogP) is 4.71. The molecule has 1 amide bonds. The minimum absolute atomic E-state index is 0.0279. The van der Waals surface area contributed by atoms with Crippen LogP contribution in [-0.2, 0) is 19.6 Å². The summed E-state index contributed by atoms with van der Waals surface area (Å²) in [7, 11) is -3.79. The Bertz CT molecular complexity index is 1280. The number of nitrogens with one attached hydrogen (secondary N) is 1. The molecule has 33 heavy (non-hydrogen) atoms. The number of benzene rings is 3. The summed E-state index contributed by atoms with van der Waals surface area (Å²) in [6.07, 6.45) is -1.14. The van der Waals surface area contributed by atoms with E-state index < -0.39 is 28.0 Å². The molecule has 1 N–H and O–H groups in total. The molecule has 0 aromatic heterocycles. The van der Waals surface area contributed by atoms with Gasteiger partial charge in [-0.2, -0.15) is 4.31 Å². The third kappa shape index (κ3) is 5.35. The zero-order valence-electron chi connectivity index (χ0n) is 18.5. The van der Waals surface area contributed by atoms with Crippen molar-refractivity contribution in [3.63, 3.8) is 0 Å². The summed E-state index contributed by atoms with van der Waals surface area (Å²) in [4.78, 5) is 25.3. The number of sulfonamides is 1. The van der Waals surface area contributed by atoms with Crippen molar-refractivity contribution in [2.75, 3.05) is 18.4 Å². The summed E-state index contributed by atoms with van der Waals surface area (Å²) in [6.45, 7) is 5.45. The molecule has 0 saturated carbocycles. The highest BCUT2D eigenvalue weighted by Gasteiger charge is 2.26. The molecule has 0 radical (unpaired) electrons. The van der Waals surface area contributed by atoms with Gasteiger partial charge in [-0.05, 0) is 36.6 Å². The molecule has 7 nitrogen and oxygen atoms in total. The lowest BCUT2D eigenvalue weighted by molar-refractivity contribution is -0.123. The van der Waals surface area contributed by atoms with Crippen LogP contribution < -0.4 is 5.32 Å². The van der Waals surface area contributed by atoms with Crippen LogP contribution in [0.25, 0.3) is 10.8 Å². The van der Waals surface area contributed by atoms with E-state index in [2.05, 4.69) is 5.32 Å². The molecule has 0 aliphatic carbocycles. The summed E-state index contributed by atoms with van der Waals surface area (Å²) >= 11 is 6.14. The molecule has 0 fully saturated rings. The molecule has 1 atom stereocenters. The molecule has 0 heterocycles. The number of hydrogen-bond donors (Lipinski definition) is 1. The van der Waals surface area contributed by atoms with Gasteiger partial charge in [0, 0.05) is 24.2 Å². The fourth-order valence-corrected chi connectivity index (χ4v) is 5.06. The van der Waals surface area contributed by atoms with E-state index in [-0.39, 0.29) is 28.6 Å². The summed E-state index contributed by atoms with van der Waals surface area (Å²) in [5, 5.41) is 4.61. The van der Waals surface area contributed by atoms with E-state index in [1.807, 2.05) is 36.4 Å². The Hall–Kier alpha value is -2.94. The van der Waals surface area contributed by atoms with E-state index in [1.165, 1.54) is 29.4 Å². The molecule has 0 saturated heterocycles. The van der Waals surface area contributed by atoms with Crippen LogP contribution >= 0.6 is 11.6 Å². The number of hydrogen-bond acceptors (Lipinski definition) is 5. The van der Waals surface area contributed by atoms with Crippen LogP contribution in [0.5, 0.6) is 0 Å². The van der Waals surface area contributed by atoms with Crippen LogP contribution in [0, 0.1) is 0 Å². The summed E-state index contributed by atoms with van der Waals surface area (Å²) < 4.78 is 32.1. The highest BCUT2D eigenvalue weighted by atomic mass is 35.5. The molecule has 9 heteroatoms. The first-order chi connectivity index (χ1) is 15.7. The second-order valence-electron chi connectivity index (χ2n) is 7.29. The lowest BCUT2D eigenvalue weighted by atomic mass is 10.1. The maximum Gasteiger partial charge on any atom is 0.340 e. The number of esters is 1. The van der Waals surface area contributed by atoms with Crippen molar-refractivity contribution in [2.45, 2.75) is 31.8 Å². The van der Waals surface area contributed by atoms with Crippen molar-refractivity contribution in [1.29, 1.82) is 0 Å². The van der Waals surface area contributed by atoms with Crippen LogP contribution in [-0.4, -0.2) is 43.8 Å². The summed E-state index contributed by atoms with van der Waals surface area (Å²) in [5.41, 5.74) is 0.459. The predicted molar refractivity (Wildman–Crippen MR) is 129 cm³/mol. The maximum absolute atomic E-state index is 12.8. The molecule has 174 valence electrons. The molecular weight excluding hydrogens is 464 g/mol. The molecule has 0 aliphatic heterocycles. The second-order valence-corrected chi connectivity index (χ2v) is 9.64.